The highest BCUT2D eigenvalue weighted by Gasteiger charge is 2.12. The van der Waals surface area contributed by atoms with Crippen LogP contribution in [0.1, 0.15) is 29.9 Å². The zero-order valence-corrected chi connectivity index (χ0v) is 16.1. The van der Waals surface area contributed by atoms with E-state index in [1.165, 1.54) is 17.4 Å². The van der Waals surface area contributed by atoms with Crippen molar-refractivity contribution >= 4 is 17.2 Å². The molecule has 1 heterocycles. The maximum atomic E-state index is 13.7. The van der Waals surface area contributed by atoms with Gasteiger partial charge in [-0.05, 0) is 24.1 Å². The van der Waals surface area contributed by atoms with Gasteiger partial charge in [-0.3, -0.25) is 4.79 Å². The Kier molecular flexibility index (Phi) is 6.19. The molecule has 0 spiro atoms. The molecule has 0 saturated heterocycles. The fourth-order valence-corrected chi connectivity index (χ4v) is 3.19. The monoisotopic (exact) mass is 384 g/mol. The minimum Gasteiger partial charge on any atom is -0.489 e. The van der Waals surface area contributed by atoms with Crippen molar-refractivity contribution in [2.75, 3.05) is 6.54 Å². The summed E-state index contributed by atoms with van der Waals surface area (Å²) in [6, 6.07) is 14.0. The van der Waals surface area contributed by atoms with Crippen molar-refractivity contribution < 1.29 is 13.9 Å². The summed E-state index contributed by atoms with van der Waals surface area (Å²) in [6.45, 7) is 4.85. The first-order chi connectivity index (χ1) is 13.0. The smallest absolute Gasteiger partial charge is 0.270 e. The van der Waals surface area contributed by atoms with E-state index >= 15 is 0 Å². The molecule has 27 heavy (non-hydrogen) atoms. The quantitative estimate of drug-likeness (QED) is 0.629. The summed E-state index contributed by atoms with van der Waals surface area (Å²) in [5.74, 6) is 0.552. The van der Waals surface area contributed by atoms with Crippen LogP contribution in [-0.2, 0) is 6.61 Å². The highest BCUT2D eigenvalue weighted by molar-refractivity contribution is 7.13. The average molecular weight is 384 g/mol. The molecule has 3 aromatic rings. The maximum absolute atomic E-state index is 13.7. The van der Waals surface area contributed by atoms with Gasteiger partial charge in [-0.1, -0.05) is 44.2 Å². The fourth-order valence-electron chi connectivity index (χ4n) is 2.39. The second-order valence-electron chi connectivity index (χ2n) is 6.55. The number of rotatable bonds is 7. The van der Waals surface area contributed by atoms with Crippen LogP contribution in [0.2, 0.25) is 0 Å². The number of halogens is 1. The van der Waals surface area contributed by atoms with E-state index in [0.717, 1.165) is 10.6 Å². The van der Waals surface area contributed by atoms with Crippen LogP contribution < -0.4 is 10.1 Å². The first kappa shape index (κ1) is 19.0. The van der Waals surface area contributed by atoms with E-state index in [1.807, 2.05) is 38.1 Å². The Morgan fingerprint density at radius 3 is 2.81 bits per heavy atom. The summed E-state index contributed by atoms with van der Waals surface area (Å²) in [4.78, 5) is 16.5. The average Bonchev–Trinajstić information content (AvgIpc) is 3.16. The molecule has 0 fully saturated rings. The van der Waals surface area contributed by atoms with Crippen molar-refractivity contribution in [3.63, 3.8) is 0 Å². The van der Waals surface area contributed by atoms with Crippen LogP contribution in [-0.4, -0.2) is 17.4 Å². The van der Waals surface area contributed by atoms with E-state index in [4.69, 9.17) is 4.74 Å². The number of nitrogens with zero attached hydrogens (tertiary/aromatic N) is 1. The highest BCUT2D eigenvalue weighted by atomic mass is 32.1. The molecule has 6 heteroatoms. The molecule has 140 valence electrons. The number of ether oxygens (including phenoxy) is 1. The van der Waals surface area contributed by atoms with Crippen LogP contribution in [0.5, 0.6) is 5.75 Å². The molecule has 0 aliphatic heterocycles. The molecule has 0 saturated carbocycles. The lowest BCUT2D eigenvalue weighted by Crippen LogP contribution is -2.27. The van der Waals surface area contributed by atoms with Gasteiger partial charge >= 0.3 is 0 Å². The zero-order valence-electron chi connectivity index (χ0n) is 15.2. The summed E-state index contributed by atoms with van der Waals surface area (Å²) in [7, 11) is 0. The molecule has 0 atom stereocenters. The number of aromatic nitrogens is 1. The molecule has 1 amide bonds. The number of thiazole rings is 1. The number of carbonyl (C=O) groups is 1. The van der Waals surface area contributed by atoms with Crippen molar-refractivity contribution in [3.8, 4) is 16.3 Å². The van der Waals surface area contributed by atoms with Gasteiger partial charge in [0.2, 0.25) is 0 Å². The van der Waals surface area contributed by atoms with Gasteiger partial charge in [-0.25, -0.2) is 9.37 Å². The third-order valence-electron chi connectivity index (χ3n) is 3.84. The van der Waals surface area contributed by atoms with E-state index < -0.39 is 0 Å². The molecular weight excluding hydrogens is 363 g/mol. The predicted molar refractivity (Wildman–Crippen MR) is 105 cm³/mol. The lowest BCUT2D eigenvalue weighted by Gasteiger charge is -2.08. The standard InChI is InChI=1S/C21H21FN2O2S/c1-14(2)11-23-20(25)19-13-27-21(24-19)15-7-5-8-17(10-15)26-12-16-6-3-4-9-18(16)22/h3-10,13-14H,11-12H2,1-2H3,(H,23,25). The van der Waals surface area contributed by atoms with Gasteiger partial charge in [0.15, 0.2) is 0 Å². The van der Waals surface area contributed by atoms with E-state index in [1.54, 1.807) is 23.6 Å². The van der Waals surface area contributed by atoms with Gasteiger partial charge in [0.25, 0.3) is 5.91 Å². The summed E-state index contributed by atoms with van der Waals surface area (Å²) in [5.41, 5.74) is 1.77. The van der Waals surface area contributed by atoms with Gasteiger partial charge in [0.05, 0.1) is 0 Å². The van der Waals surface area contributed by atoms with Crippen LogP contribution in [0.4, 0.5) is 4.39 Å². The highest BCUT2D eigenvalue weighted by Crippen LogP contribution is 2.27. The molecule has 0 bridgehead atoms. The van der Waals surface area contributed by atoms with Crippen molar-refractivity contribution in [1.82, 2.24) is 10.3 Å². The summed E-state index contributed by atoms with van der Waals surface area (Å²) in [6.07, 6.45) is 0. The molecule has 2 aromatic carbocycles. The number of carbonyl (C=O) groups excluding carboxylic acids is 1. The first-order valence-electron chi connectivity index (χ1n) is 8.73. The third-order valence-corrected chi connectivity index (χ3v) is 4.73. The zero-order chi connectivity index (χ0) is 19.2. The molecule has 4 nitrogen and oxygen atoms in total. The maximum Gasteiger partial charge on any atom is 0.270 e. The molecule has 1 N–H and O–H groups in total. The molecule has 0 radical (unpaired) electrons. The van der Waals surface area contributed by atoms with E-state index in [2.05, 4.69) is 10.3 Å². The van der Waals surface area contributed by atoms with Crippen molar-refractivity contribution in [2.45, 2.75) is 20.5 Å². The molecule has 3 rings (SSSR count). The van der Waals surface area contributed by atoms with Crippen LogP contribution >= 0.6 is 11.3 Å². The van der Waals surface area contributed by atoms with E-state index in [9.17, 15) is 9.18 Å². The van der Waals surface area contributed by atoms with Crippen LogP contribution in [0.25, 0.3) is 10.6 Å². The Morgan fingerprint density at radius 1 is 1.22 bits per heavy atom. The lowest BCUT2D eigenvalue weighted by atomic mass is 10.2. The topological polar surface area (TPSA) is 51.2 Å². The Bertz CT molecular complexity index is 924. The van der Waals surface area contributed by atoms with Crippen molar-refractivity contribution in [2.24, 2.45) is 5.92 Å². The first-order valence-corrected chi connectivity index (χ1v) is 9.61. The van der Waals surface area contributed by atoms with E-state index in [0.29, 0.717) is 29.5 Å². The lowest BCUT2D eigenvalue weighted by molar-refractivity contribution is 0.0945. The summed E-state index contributed by atoms with van der Waals surface area (Å²) in [5, 5.41) is 5.35. The molecule has 0 aliphatic carbocycles. The summed E-state index contributed by atoms with van der Waals surface area (Å²) < 4.78 is 19.4. The Morgan fingerprint density at radius 2 is 2.04 bits per heavy atom. The minimum absolute atomic E-state index is 0.150. The molecular formula is C21H21FN2O2S. The molecule has 0 unspecified atom stereocenters. The Balaban J connectivity index is 1.68. The molecule has 1 aromatic heterocycles. The number of nitrogens with one attached hydrogen (secondary N) is 1. The van der Waals surface area contributed by atoms with Gasteiger partial charge in [0.1, 0.15) is 28.9 Å². The number of hydrogen-bond donors (Lipinski definition) is 1. The van der Waals surface area contributed by atoms with Crippen LogP contribution in [0.3, 0.4) is 0 Å². The number of benzene rings is 2. The Labute approximate surface area is 162 Å². The normalized spacial score (nSPS) is 10.8. The van der Waals surface area contributed by atoms with Crippen molar-refractivity contribution in [1.29, 1.82) is 0 Å². The van der Waals surface area contributed by atoms with Gasteiger partial charge in [-0.2, -0.15) is 0 Å². The second-order valence-corrected chi connectivity index (χ2v) is 7.41. The number of hydrogen-bond acceptors (Lipinski definition) is 4. The van der Waals surface area contributed by atoms with Gasteiger partial charge < -0.3 is 10.1 Å². The predicted octanol–water partition coefficient (Wildman–Crippen LogP) is 4.91. The van der Waals surface area contributed by atoms with Crippen LogP contribution in [0, 0.1) is 11.7 Å². The van der Waals surface area contributed by atoms with Gasteiger partial charge in [0, 0.05) is 23.1 Å². The summed E-state index contributed by atoms with van der Waals surface area (Å²) >= 11 is 1.40. The third kappa shape index (κ3) is 5.14. The molecule has 0 aliphatic rings. The van der Waals surface area contributed by atoms with Gasteiger partial charge in [-0.15, -0.1) is 11.3 Å². The Hall–Kier alpha value is -2.73. The second kappa shape index (κ2) is 8.77. The van der Waals surface area contributed by atoms with E-state index in [-0.39, 0.29) is 18.3 Å². The SMILES string of the molecule is CC(C)CNC(=O)c1csc(-c2cccc(OCc3ccccc3F)c2)n1. The largest absolute Gasteiger partial charge is 0.489 e. The fraction of sp³-hybridized carbons (Fsp3) is 0.238. The van der Waals surface area contributed by atoms with Crippen molar-refractivity contribution in [3.05, 3.63) is 71.0 Å². The number of amides is 1. The van der Waals surface area contributed by atoms with Crippen LogP contribution in [0.15, 0.2) is 53.9 Å². The minimum atomic E-state index is -0.286.